The third-order valence-electron chi connectivity index (χ3n) is 6.21. The number of urea groups is 1. The van der Waals surface area contributed by atoms with Gasteiger partial charge in [0.05, 0.1) is 6.10 Å². The maximum absolute atomic E-state index is 12.4. The van der Waals surface area contributed by atoms with Gasteiger partial charge < -0.3 is 15.4 Å². The number of nitrogens with zero attached hydrogens (tertiary/aromatic N) is 3. The predicted molar refractivity (Wildman–Crippen MR) is 88.3 cm³/mol. The molecule has 2 aliphatic carbocycles. The zero-order valence-corrected chi connectivity index (χ0v) is 14.3. The van der Waals surface area contributed by atoms with Crippen LogP contribution in [0.4, 0.5) is 4.79 Å². The number of rotatable bonds is 5. The summed E-state index contributed by atoms with van der Waals surface area (Å²) >= 11 is 0. The quantitative estimate of drug-likeness (QED) is 0.859. The summed E-state index contributed by atoms with van der Waals surface area (Å²) in [6.07, 6.45) is 10.5. The van der Waals surface area contributed by atoms with Crippen LogP contribution < -0.4 is 10.6 Å². The van der Waals surface area contributed by atoms with Crippen LogP contribution in [0.15, 0.2) is 12.7 Å². The van der Waals surface area contributed by atoms with Gasteiger partial charge in [0.1, 0.15) is 12.7 Å². The van der Waals surface area contributed by atoms with Crippen LogP contribution in [0.5, 0.6) is 0 Å². The number of hydrogen-bond acceptors (Lipinski definition) is 4. The molecule has 3 aliphatic rings. The van der Waals surface area contributed by atoms with Crippen LogP contribution >= 0.6 is 0 Å². The standard InChI is InChI=1S/C17H27N5O2/c1-12(4-8-22-11-18-10-19-22)20-16(23)21-14-13-5-9-24-15(13)17(14)6-2-3-7-17/h10-15H,2-9H2,1H3,(H2,20,21,23)/t12-,13-,14-,15-/m1/s1. The van der Waals surface area contributed by atoms with Gasteiger partial charge in [-0.3, -0.25) is 4.68 Å². The highest BCUT2D eigenvalue weighted by molar-refractivity contribution is 5.75. The predicted octanol–water partition coefficient (Wildman–Crippen LogP) is 1.70. The summed E-state index contributed by atoms with van der Waals surface area (Å²) in [5.41, 5.74) is 0.211. The van der Waals surface area contributed by atoms with Crippen LogP contribution in [0, 0.1) is 11.3 Å². The summed E-state index contributed by atoms with van der Waals surface area (Å²) in [5, 5.41) is 10.4. The maximum atomic E-state index is 12.4. The summed E-state index contributed by atoms with van der Waals surface area (Å²) in [6.45, 7) is 3.64. The van der Waals surface area contributed by atoms with Crippen LogP contribution in [-0.4, -0.2) is 45.6 Å². The van der Waals surface area contributed by atoms with Gasteiger partial charge in [-0.15, -0.1) is 0 Å². The number of fused-ring (bicyclic) bond motifs is 2. The Bertz CT molecular complexity index is 570. The molecule has 1 saturated heterocycles. The van der Waals surface area contributed by atoms with Gasteiger partial charge in [-0.05, 0) is 32.6 Å². The number of aromatic nitrogens is 3. The first-order chi connectivity index (χ1) is 11.7. The highest BCUT2D eigenvalue weighted by Crippen LogP contribution is 2.60. The molecule has 2 saturated carbocycles. The van der Waals surface area contributed by atoms with Crippen molar-refractivity contribution in [2.24, 2.45) is 11.3 Å². The molecule has 132 valence electrons. The molecule has 0 bridgehead atoms. The van der Waals surface area contributed by atoms with Crippen LogP contribution in [-0.2, 0) is 11.3 Å². The molecular weight excluding hydrogens is 306 g/mol. The molecule has 7 nitrogen and oxygen atoms in total. The minimum absolute atomic E-state index is 0.0392. The number of ether oxygens (including phenoxy) is 1. The van der Waals surface area contributed by atoms with E-state index in [1.54, 1.807) is 11.0 Å². The van der Waals surface area contributed by atoms with E-state index in [0.29, 0.717) is 12.0 Å². The van der Waals surface area contributed by atoms with Crippen LogP contribution in [0.2, 0.25) is 0 Å². The first-order valence-corrected chi connectivity index (χ1v) is 9.20. The Morgan fingerprint density at radius 1 is 1.46 bits per heavy atom. The van der Waals surface area contributed by atoms with Crippen molar-refractivity contribution in [2.45, 2.75) is 70.2 Å². The first kappa shape index (κ1) is 15.9. The molecule has 1 spiro atoms. The summed E-state index contributed by atoms with van der Waals surface area (Å²) < 4.78 is 7.76. The van der Waals surface area contributed by atoms with Crippen LogP contribution in [0.3, 0.4) is 0 Å². The monoisotopic (exact) mass is 333 g/mol. The lowest BCUT2D eigenvalue weighted by Gasteiger charge is -2.56. The Kier molecular flexibility index (Phi) is 4.20. The van der Waals surface area contributed by atoms with Crippen molar-refractivity contribution in [3.05, 3.63) is 12.7 Å². The molecule has 2 heterocycles. The molecule has 3 fully saturated rings. The Hall–Kier alpha value is -1.63. The second-order valence-electron chi connectivity index (χ2n) is 7.63. The number of hydrogen-bond donors (Lipinski definition) is 2. The number of nitrogens with one attached hydrogen (secondary N) is 2. The first-order valence-electron chi connectivity index (χ1n) is 9.20. The Labute approximate surface area is 142 Å². The largest absolute Gasteiger partial charge is 0.377 e. The van der Waals surface area contributed by atoms with Crippen molar-refractivity contribution in [3.8, 4) is 0 Å². The molecule has 1 aromatic heterocycles. The third kappa shape index (κ3) is 2.68. The van der Waals surface area contributed by atoms with E-state index in [1.165, 1.54) is 32.0 Å². The average Bonchev–Trinajstić information content (AvgIpc) is 3.31. The molecule has 2 N–H and O–H groups in total. The zero-order chi connectivity index (χ0) is 16.6. The minimum atomic E-state index is -0.0392. The fourth-order valence-corrected chi connectivity index (χ4v) is 5.06. The van der Waals surface area contributed by atoms with Crippen molar-refractivity contribution < 1.29 is 9.53 Å². The van der Waals surface area contributed by atoms with E-state index < -0.39 is 0 Å². The van der Waals surface area contributed by atoms with Crippen molar-refractivity contribution in [2.75, 3.05) is 6.61 Å². The van der Waals surface area contributed by atoms with Gasteiger partial charge in [0.15, 0.2) is 0 Å². The molecule has 4 rings (SSSR count). The summed E-state index contributed by atoms with van der Waals surface area (Å²) in [5.74, 6) is 0.513. The van der Waals surface area contributed by atoms with Gasteiger partial charge in [0.2, 0.25) is 0 Å². The molecule has 1 aromatic rings. The van der Waals surface area contributed by atoms with E-state index in [-0.39, 0.29) is 23.5 Å². The summed E-state index contributed by atoms with van der Waals surface area (Å²) in [6, 6.07) is 0.349. The molecule has 0 unspecified atom stereocenters. The summed E-state index contributed by atoms with van der Waals surface area (Å²) in [4.78, 5) is 16.4. The molecule has 7 heteroatoms. The fourth-order valence-electron chi connectivity index (χ4n) is 5.06. The van der Waals surface area contributed by atoms with Gasteiger partial charge >= 0.3 is 6.03 Å². The van der Waals surface area contributed by atoms with Gasteiger partial charge in [0.25, 0.3) is 0 Å². The lowest BCUT2D eigenvalue weighted by Crippen LogP contribution is -2.69. The maximum Gasteiger partial charge on any atom is 0.315 e. The smallest absolute Gasteiger partial charge is 0.315 e. The zero-order valence-electron chi connectivity index (χ0n) is 14.3. The van der Waals surface area contributed by atoms with E-state index in [2.05, 4.69) is 20.7 Å². The van der Waals surface area contributed by atoms with Crippen molar-refractivity contribution in [1.29, 1.82) is 0 Å². The van der Waals surface area contributed by atoms with Crippen LogP contribution in [0.1, 0.15) is 45.4 Å². The molecule has 2 amide bonds. The van der Waals surface area contributed by atoms with E-state index in [1.807, 2.05) is 6.92 Å². The number of aryl methyl sites for hydroxylation is 1. The lowest BCUT2D eigenvalue weighted by molar-refractivity contribution is -0.126. The molecule has 24 heavy (non-hydrogen) atoms. The molecular formula is C17H27N5O2. The van der Waals surface area contributed by atoms with Crippen molar-refractivity contribution >= 4 is 6.03 Å². The van der Waals surface area contributed by atoms with E-state index in [4.69, 9.17) is 4.74 Å². The summed E-state index contributed by atoms with van der Waals surface area (Å²) in [7, 11) is 0. The molecule has 0 radical (unpaired) electrons. The number of carbonyl (C=O) groups excluding carboxylic acids is 1. The fraction of sp³-hybridized carbons (Fsp3) is 0.824. The molecule has 0 aromatic carbocycles. The van der Waals surface area contributed by atoms with E-state index >= 15 is 0 Å². The minimum Gasteiger partial charge on any atom is -0.377 e. The highest BCUT2D eigenvalue weighted by atomic mass is 16.5. The Morgan fingerprint density at radius 2 is 2.29 bits per heavy atom. The van der Waals surface area contributed by atoms with Gasteiger partial charge in [0, 0.05) is 36.6 Å². The Morgan fingerprint density at radius 3 is 3.04 bits per heavy atom. The highest BCUT2D eigenvalue weighted by Gasteiger charge is 2.65. The topological polar surface area (TPSA) is 81.1 Å². The lowest BCUT2D eigenvalue weighted by atomic mass is 9.54. The third-order valence-corrected chi connectivity index (χ3v) is 6.21. The molecule has 4 atom stereocenters. The Balaban J connectivity index is 1.29. The van der Waals surface area contributed by atoms with Crippen molar-refractivity contribution in [3.63, 3.8) is 0 Å². The van der Waals surface area contributed by atoms with Gasteiger partial charge in [-0.2, -0.15) is 5.10 Å². The SMILES string of the molecule is C[C@H](CCn1cncn1)NC(=O)N[C@@H]1[C@H]2CCO[C@H]2C12CCCC2. The molecule has 1 aliphatic heterocycles. The van der Waals surface area contributed by atoms with Crippen LogP contribution in [0.25, 0.3) is 0 Å². The van der Waals surface area contributed by atoms with E-state index in [0.717, 1.165) is 26.0 Å². The second-order valence-corrected chi connectivity index (χ2v) is 7.63. The second kappa shape index (κ2) is 6.35. The number of amides is 2. The normalized spacial score (nSPS) is 31.5. The number of carbonyl (C=O) groups is 1. The van der Waals surface area contributed by atoms with Crippen molar-refractivity contribution in [1.82, 2.24) is 25.4 Å². The van der Waals surface area contributed by atoms with E-state index in [9.17, 15) is 4.79 Å². The average molecular weight is 333 g/mol. The van der Waals surface area contributed by atoms with Gasteiger partial charge in [-0.1, -0.05) is 12.8 Å². The van der Waals surface area contributed by atoms with Gasteiger partial charge in [-0.25, -0.2) is 9.78 Å².